The molecule has 0 aliphatic carbocycles. The molecule has 0 aromatic carbocycles. The van der Waals surface area contributed by atoms with Crippen LogP contribution in [0.25, 0.3) is 0 Å². The Morgan fingerprint density at radius 1 is 1.80 bits per heavy atom. The van der Waals surface area contributed by atoms with Crippen molar-refractivity contribution in [1.82, 2.24) is 5.32 Å². The molecule has 0 aromatic rings. The average molecular weight is 138 g/mol. The van der Waals surface area contributed by atoms with Crippen molar-refractivity contribution in [1.29, 1.82) is 5.26 Å². The Balaban J connectivity index is 2.53. The van der Waals surface area contributed by atoms with Crippen molar-refractivity contribution in [3.05, 3.63) is 0 Å². The lowest BCUT2D eigenvalue weighted by Crippen LogP contribution is -2.42. The number of amides is 1. The van der Waals surface area contributed by atoms with Gasteiger partial charge in [0.15, 0.2) is 0 Å². The molecule has 0 bridgehead atoms. The van der Waals surface area contributed by atoms with Crippen LogP contribution in [0.1, 0.15) is 19.8 Å². The molecule has 10 heavy (non-hydrogen) atoms. The molecule has 0 aromatic heterocycles. The molecule has 0 saturated carbocycles. The van der Waals surface area contributed by atoms with E-state index in [1.807, 2.05) is 6.92 Å². The van der Waals surface area contributed by atoms with Gasteiger partial charge in [0, 0.05) is 12.5 Å². The van der Waals surface area contributed by atoms with Crippen LogP contribution in [0.3, 0.4) is 0 Å². The second-order valence-corrected chi connectivity index (χ2v) is 2.63. The second kappa shape index (κ2) is 2.70. The topological polar surface area (TPSA) is 52.9 Å². The Morgan fingerprint density at radius 2 is 2.50 bits per heavy atom. The molecule has 3 heteroatoms. The summed E-state index contributed by atoms with van der Waals surface area (Å²) in [7, 11) is 0. The van der Waals surface area contributed by atoms with Gasteiger partial charge in [-0.2, -0.15) is 5.26 Å². The van der Waals surface area contributed by atoms with Gasteiger partial charge in [0.05, 0.1) is 12.0 Å². The van der Waals surface area contributed by atoms with Gasteiger partial charge in [-0.1, -0.05) is 0 Å². The summed E-state index contributed by atoms with van der Waals surface area (Å²) in [4.78, 5) is 10.7. The predicted octanol–water partition coefficient (Wildman–Crippen LogP) is 0.425. The summed E-state index contributed by atoms with van der Waals surface area (Å²) in [6, 6.07) is 2.19. The lowest BCUT2D eigenvalue weighted by Gasteiger charge is -2.23. The van der Waals surface area contributed by atoms with E-state index >= 15 is 0 Å². The first-order valence-corrected chi connectivity index (χ1v) is 3.43. The van der Waals surface area contributed by atoms with Gasteiger partial charge in [-0.25, -0.2) is 0 Å². The van der Waals surface area contributed by atoms with Crippen molar-refractivity contribution in [2.45, 2.75) is 25.8 Å². The van der Waals surface area contributed by atoms with E-state index in [2.05, 4.69) is 11.4 Å². The Bertz CT molecular complexity index is 183. The van der Waals surface area contributed by atoms with Crippen LogP contribution in [0.5, 0.6) is 0 Å². The molecule has 1 N–H and O–H groups in total. The number of hydrogen-bond acceptors (Lipinski definition) is 2. The van der Waals surface area contributed by atoms with E-state index < -0.39 is 0 Å². The lowest BCUT2D eigenvalue weighted by atomic mass is 9.93. The van der Waals surface area contributed by atoms with Crippen LogP contribution in [0.2, 0.25) is 0 Å². The number of carbonyl (C=O) groups excluding carboxylic acids is 1. The fourth-order valence-corrected chi connectivity index (χ4v) is 1.14. The number of rotatable bonds is 0. The van der Waals surface area contributed by atoms with Crippen molar-refractivity contribution < 1.29 is 4.79 Å². The van der Waals surface area contributed by atoms with E-state index in [4.69, 9.17) is 5.26 Å². The van der Waals surface area contributed by atoms with E-state index in [0.29, 0.717) is 12.8 Å². The first kappa shape index (κ1) is 7.07. The van der Waals surface area contributed by atoms with Gasteiger partial charge >= 0.3 is 0 Å². The van der Waals surface area contributed by atoms with Gasteiger partial charge in [0.1, 0.15) is 0 Å². The average Bonchev–Trinajstić information content (AvgIpc) is 1.88. The number of nitrogens with zero attached hydrogens (tertiary/aromatic N) is 1. The monoisotopic (exact) mass is 138 g/mol. The smallest absolute Gasteiger partial charge is 0.220 e. The van der Waals surface area contributed by atoms with Crippen LogP contribution in [0.15, 0.2) is 0 Å². The molecule has 1 aliphatic rings. The minimum absolute atomic E-state index is 0.0118. The van der Waals surface area contributed by atoms with Crippen molar-refractivity contribution in [2.24, 2.45) is 5.92 Å². The summed E-state index contributed by atoms with van der Waals surface area (Å²) in [5.74, 6) is 0.0803. The maximum Gasteiger partial charge on any atom is 0.220 e. The molecule has 2 atom stereocenters. The second-order valence-electron chi connectivity index (χ2n) is 2.63. The fraction of sp³-hybridized carbons (Fsp3) is 0.714. The third-order valence-electron chi connectivity index (χ3n) is 1.84. The van der Waals surface area contributed by atoms with Gasteiger partial charge in [-0.3, -0.25) is 4.79 Å². The zero-order chi connectivity index (χ0) is 7.56. The normalized spacial score (nSPS) is 32.6. The van der Waals surface area contributed by atoms with Crippen molar-refractivity contribution in [3.8, 4) is 6.07 Å². The van der Waals surface area contributed by atoms with Crippen LogP contribution in [-0.2, 0) is 4.79 Å². The zero-order valence-corrected chi connectivity index (χ0v) is 5.92. The number of nitrogens with one attached hydrogen (secondary N) is 1. The van der Waals surface area contributed by atoms with E-state index in [1.165, 1.54) is 0 Å². The van der Waals surface area contributed by atoms with Crippen LogP contribution in [-0.4, -0.2) is 11.9 Å². The summed E-state index contributed by atoms with van der Waals surface area (Å²) in [6.45, 7) is 1.87. The van der Waals surface area contributed by atoms with Gasteiger partial charge in [0.2, 0.25) is 5.91 Å². The number of piperidine rings is 1. The maximum atomic E-state index is 10.7. The lowest BCUT2D eigenvalue weighted by molar-refractivity contribution is -0.123. The third-order valence-corrected chi connectivity index (χ3v) is 1.84. The predicted molar refractivity (Wildman–Crippen MR) is 35.9 cm³/mol. The van der Waals surface area contributed by atoms with E-state index in [1.54, 1.807) is 0 Å². The first-order chi connectivity index (χ1) is 4.74. The molecular weight excluding hydrogens is 128 g/mol. The number of hydrogen-bond donors (Lipinski definition) is 1. The molecule has 1 fully saturated rings. The molecule has 3 nitrogen and oxygen atoms in total. The minimum atomic E-state index is 0.0118. The molecule has 1 saturated heterocycles. The highest BCUT2D eigenvalue weighted by molar-refractivity contribution is 5.77. The van der Waals surface area contributed by atoms with E-state index in [-0.39, 0.29) is 17.9 Å². The zero-order valence-electron chi connectivity index (χ0n) is 5.92. The molecule has 1 rings (SSSR count). The van der Waals surface area contributed by atoms with E-state index in [9.17, 15) is 4.79 Å². The number of nitriles is 1. The van der Waals surface area contributed by atoms with E-state index in [0.717, 1.165) is 0 Å². The Kier molecular flexibility index (Phi) is 1.91. The van der Waals surface area contributed by atoms with Crippen molar-refractivity contribution >= 4 is 5.91 Å². The molecule has 54 valence electrons. The maximum absolute atomic E-state index is 10.7. The molecule has 0 spiro atoms. The SMILES string of the molecule is CC1NC(=O)CCC1C#N. The van der Waals surface area contributed by atoms with Crippen LogP contribution in [0.4, 0.5) is 0 Å². The number of carbonyl (C=O) groups is 1. The molecule has 1 aliphatic heterocycles. The summed E-state index contributed by atoms with van der Waals surface area (Å²) >= 11 is 0. The van der Waals surface area contributed by atoms with Crippen LogP contribution in [0, 0.1) is 17.2 Å². The summed E-state index contributed by atoms with van der Waals surface area (Å²) in [6.07, 6.45) is 1.21. The minimum Gasteiger partial charge on any atom is -0.352 e. The third kappa shape index (κ3) is 1.27. The largest absolute Gasteiger partial charge is 0.352 e. The first-order valence-electron chi connectivity index (χ1n) is 3.43. The van der Waals surface area contributed by atoms with Gasteiger partial charge in [-0.05, 0) is 13.3 Å². The highest BCUT2D eigenvalue weighted by Gasteiger charge is 2.24. The summed E-state index contributed by atoms with van der Waals surface area (Å²) in [5.41, 5.74) is 0. The van der Waals surface area contributed by atoms with Crippen molar-refractivity contribution in [2.75, 3.05) is 0 Å². The summed E-state index contributed by atoms with van der Waals surface area (Å²) in [5, 5.41) is 11.3. The fourth-order valence-electron chi connectivity index (χ4n) is 1.14. The summed E-state index contributed by atoms with van der Waals surface area (Å²) < 4.78 is 0. The molecular formula is C7H10N2O. The Hall–Kier alpha value is -1.04. The quantitative estimate of drug-likeness (QED) is 0.527. The highest BCUT2D eigenvalue weighted by atomic mass is 16.1. The molecule has 1 amide bonds. The van der Waals surface area contributed by atoms with Gasteiger partial charge < -0.3 is 5.32 Å². The standard InChI is InChI=1S/C7H10N2O/c1-5-6(4-8)2-3-7(10)9-5/h5-6H,2-3H2,1H3,(H,9,10). The van der Waals surface area contributed by atoms with Crippen LogP contribution >= 0.6 is 0 Å². The molecule has 2 unspecified atom stereocenters. The van der Waals surface area contributed by atoms with Gasteiger partial charge in [0.25, 0.3) is 0 Å². The Labute approximate surface area is 60.0 Å². The van der Waals surface area contributed by atoms with Gasteiger partial charge in [-0.15, -0.1) is 0 Å². The van der Waals surface area contributed by atoms with Crippen LogP contribution < -0.4 is 5.32 Å². The molecule has 1 heterocycles. The highest BCUT2D eigenvalue weighted by Crippen LogP contribution is 2.14. The molecule has 0 radical (unpaired) electrons. The Morgan fingerprint density at radius 3 is 3.00 bits per heavy atom. The van der Waals surface area contributed by atoms with Crippen molar-refractivity contribution in [3.63, 3.8) is 0 Å².